The predicted octanol–water partition coefficient (Wildman–Crippen LogP) is 5.70. The molecule has 9 heteroatoms. The molecule has 0 aliphatic heterocycles. The Morgan fingerprint density at radius 3 is 2.26 bits per heavy atom. The Morgan fingerprint density at radius 2 is 1.54 bits per heavy atom. The van der Waals surface area contributed by atoms with E-state index in [-0.39, 0.29) is 28.1 Å². The van der Waals surface area contributed by atoms with E-state index in [2.05, 4.69) is 20.3 Å². The number of carbonyl (C=O) groups excluding carboxylic acids is 2. The van der Waals surface area contributed by atoms with Crippen LogP contribution in [0.1, 0.15) is 31.1 Å². The van der Waals surface area contributed by atoms with E-state index < -0.39 is 23.6 Å². The van der Waals surface area contributed by atoms with Gasteiger partial charge in [0.2, 0.25) is 0 Å². The molecule has 0 radical (unpaired) electrons. The van der Waals surface area contributed by atoms with E-state index in [1.54, 1.807) is 54.6 Å². The van der Waals surface area contributed by atoms with E-state index >= 15 is 0 Å². The Labute approximate surface area is 199 Å². The molecule has 0 spiro atoms. The second kappa shape index (κ2) is 9.84. The highest BCUT2D eigenvalue weighted by atomic mass is 16.5. The van der Waals surface area contributed by atoms with Crippen molar-refractivity contribution in [2.45, 2.75) is 0 Å². The zero-order chi connectivity index (χ0) is 24.9. The first-order chi connectivity index (χ1) is 16.9. The van der Waals surface area contributed by atoms with Crippen molar-refractivity contribution < 1.29 is 29.3 Å². The number of benzene rings is 4. The number of azo groups is 1. The number of hydrogen-bond donors (Lipinski definition) is 3. The van der Waals surface area contributed by atoms with Gasteiger partial charge in [0.05, 0.1) is 29.5 Å². The molecular formula is C26H19N3O6. The number of aromatic hydroxyl groups is 1. The molecule has 4 aromatic carbocycles. The highest BCUT2D eigenvalue weighted by molar-refractivity contribution is 6.11. The van der Waals surface area contributed by atoms with Crippen LogP contribution < -0.4 is 5.32 Å². The number of anilines is 1. The molecule has 0 aromatic heterocycles. The van der Waals surface area contributed by atoms with E-state index in [1.165, 1.54) is 19.2 Å². The Hall–Kier alpha value is -5.05. The number of carbonyl (C=O) groups is 3. The van der Waals surface area contributed by atoms with E-state index in [0.29, 0.717) is 16.5 Å². The number of rotatable bonds is 6. The van der Waals surface area contributed by atoms with Gasteiger partial charge in [-0.2, -0.15) is 5.11 Å². The second-order valence-corrected chi connectivity index (χ2v) is 7.43. The number of nitrogens with zero attached hydrogens (tertiary/aromatic N) is 2. The summed E-state index contributed by atoms with van der Waals surface area (Å²) in [6.07, 6.45) is 0. The molecule has 3 N–H and O–H groups in total. The van der Waals surface area contributed by atoms with E-state index in [1.807, 2.05) is 6.07 Å². The predicted molar refractivity (Wildman–Crippen MR) is 129 cm³/mol. The summed E-state index contributed by atoms with van der Waals surface area (Å²) < 4.78 is 4.67. The number of fused-ring (bicyclic) bond motifs is 1. The first-order valence-corrected chi connectivity index (χ1v) is 10.4. The van der Waals surface area contributed by atoms with Crippen molar-refractivity contribution in [3.8, 4) is 5.75 Å². The van der Waals surface area contributed by atoms with Crippen molar-refractivity contribution >= 4 is 45.7 Å². The number of hydrogen-bond acceptors (Lipinski definition) is 7. The molecule has 174 valence electrons. The number of aromatic carboxylic acids is 1. The van der Waals surface area contributed by atoms with Crippen LogP contribution in [0.2, 0.25) is 0 Å². The minimum atomic E-state index is -1.26. The number of ether oxygens (including phenoxy) is 1. The van der Waals surface area contributed by atoms with Crippen molar-refractivity contribution in [3.63, 3.8) is 0 Å². The number of phenolic OH excluding ortho intramolecular Hbond substituents is 1. The highest BCUT2D eigenvalue weighted by Gasteiger charge is 2.19. The minimum Gasteiger partial charge on any atom is -0.505 e. The van der Waals surface area contributed by atoms with Crippen LogP contribution >= 0.6 is 0 Å². The molecular weight excluding hydrogens is 450 g/mol. The van der Waals surface area contributed by atoms with Crippen molar-refractivity contribution in [2.75, 3.05) is 12.4 Å². The molecule has 0 saturated carbocycles. The molecule has 0 aliphatic carbocycles. The van der Waals surface area contributed by atoms with Crippen LogP contribution in [0, 0.1) is 0 Å². The van der Waals surface area contributed by atoms with E-state index in [4.69, 9.17) is 0 Å². The van der Waals surface area contributed by atoms with Gasteiger partial charge in [-0.1, -0.05) is 42.5 Å². The largest absolute Gasteiger partial charge is 0.505 e. The normalized spacial score (nSPS) is 10.9. The lowest BCUT2D eigenvalue weighted by Gasteiger charge is -2.11. The number of carboxylic acid groups (broad SMARTS) is 1. The molecule has 9 nitrogen and oxygen atoms in total. The summed E-state index contributed by atoms with van der Waals surface area (Å²) in [5, 5.41) is 32.4. The van der Waals surface area contributed by atoms with Crippen molar-refractivity contribution in [1.29, 1.82) is 0 Å². The van der Waals surface area contributed by atoms with E-state index in [0.717, 1.165) is 6.07 Å². The van der Waals surface area contributed by atoms with Crippen LogP contribution in [0.25, 0.3) is 10.8 Å². The molecule has 35 heavy (non-hydrogen) atoms. The van der Waals surface area contributed by atoms with Gasteiger partial charge in [-0.25, -0.2) is 9.59 Å². The van der Waals surface area contributed by atoms with Crippen LogP contribution in [0.4, 0.5) is 17.1 Å². The third-order valence-electron chi connectivity index (χ3n) is 5.12. The monoisotopic (exact) mass is 469 g/mol. The summed E-state index contributed by atoms with van der Waals surface area (Å²) in [7, 11) is 1.17. The molecule has 0 saturated heterocycles. The van der Waals surface area contributed by atoms with Gasteiger partial charge >= 0.3 is 11.9 Å². The fraction of sp³-hybridized carbons (Fsp3) is 0.0385. The van der Waals surface area contributed by atoms with E-state index in [9.17, 15) is 24.6 Å². The van der Waals surface area contributed by atoms with Crippen LogP contribution in [0.5, 0.6) is 5.75 Å². The van der Waals surface area contributed by atoms with Crippen LogP contribution in [-0.4, -0.2) is 35.2 Å². The quantitative estimate of drug-likeness (QED) is 0.245. The van der Waals surface area contributed by atoms with Crippen molar-refractivity contribution in [2.24, 2.45) is 10.2 Å². The molecule has 0 atom stereocenters. The number of nitrogens with one attached hydrogen (secondary N) is 1. The number of phenols is 1. The fourth-order valence-corrected chi connectivity index (χ4v) is 3.45. The van der Waals surface area contributed by atoms with Gasteiger partial charge in [0, 0.05) is 11.1 Å². The van der Waals surface area contributed by atoms with Gasteiger partial charge in [-0.05, 0) is 41.8 Å². The van der Waals surface area contributed by atoms with Crippen LogP contribution in [-0.2, 0) is 4.74 Å². The highest BCUT2D eigenvalue weighted by Crippen LogP contribution is 2.39. The van der Waals surface area contributed by atoms with Gasteiger partial charge in [-0.15, -0.1) is 5.11 Å². The molecule has 0 bridgehead atoms. The number of esters is 1. The summed E-state index contributed by atoms with van der Waals surface area (Å²) in [4.78, 5) is 36.3. The maximum atomic E-state index is 12.9. The first-order valence-electron chi connectivity index (χ1n) is 10.4. The smallest absolute Gasteiger partial charge is 0.337 e. The first kappa shape index (κ1) is 23.1. The average Bonchev–Trinajstić information content (AvgIpc) is 2.87. The molecule has 0 fully saturated rings. The van der Waals surface area contributed by atoms with Crippen LogP contribution in [0.3, 0.4) is 0 Å². The maximum absolute atomic E-state index is 12.9. The molecule has 0 unspecified atom stereocenters. The van der Waals surface area contributed by atoms with Gasteiger partial charge in [-0.3, -0.25) is 4.79 Å². The summed E-state index contributed by atoms with van der Waals surface area (Å²) in [5.41, 5.74) is 0.387. The standard InChI is InChI=1S/C26H19N3O6/c1-35-26(34)17-11-16(25(32)33)12-19(13-17)28-29-22-20-10-6-5-7-15(20)14-21(23(22)30)24(31)27-18-8-3-2-4-9-18/h2-14,30H,1H3,(H,27,31)(H,32,33). The Bertz CT molecular complexity index is 1480. The molecule has 0 aliphatic rings. The number of carboxylic acids is 1. The van der Waals surface area contributed by atoms with Gasteiger partial charge < -0.3 is 20.3 Å². The van der Waals surface area contributed by atoms with Gasteiger partial charge in [0.25, 0.3) is 5.91 Å². The lowest BCUT2D eigenvalue weighted by molar-refractivity contribution is 0.0600. The molecule has 1 amide bonds. The second-order valence-electron chi connectivity index (χ2n) is 7.43. The molecule has 4 rings (SSSR count). The van der Waals surface area contributed by atoms with Gasteiger partial charge in [0.1, 0.15) is 5.69 Å². The minimum absolute atomic E-state index is 0.0154. The fourth-order valence-electron chi connectivity index (χ4n) is 3.45. The number of methoxy groups -OCH3 is 1. The zero-order valence-corrected chi connectivity index (χ0v) is 18.4. The number of para-hydroxylation sites is 1. The van der Waals surface area contributed by atoms with Gasteiger partial charge in [0.15, 0.2) is 5.75 Å². The van der Waals surface area contributed by atoms with Crippen molar-refractivity contribution in [1.82, 2.24) is 0 Å². The Morgan fingerprint density at radius 1 is 0.857 bits per heavy atom. The third kappa shape index (κ3) is 4.98. The Kier molecular flexibility index (Phi) is 6.50. The summed E-state index contributed by atoms with van der Waals surface area (Å²) in [6, 6.07) is 21.0. The summed E-state index contributed by atoms with van der Waals surface area (Å²) >= 11 is 0. The number of amides is 1. The third-order valence-corrected chi connectivity index (χ3v) is 5.12. The maximum Gasteiger partial charge on any atom is 0.337 e. The zero-order valence-electron chi connectivity index (χ0n) is 18.4. The topological polar surface area (TPSA) is 138 Å². The average molecular weight is 469 g/mol. The molecule has 4 aromatic rings. The lowest BCUT2D eigenvalue weighted by Crippen LogP contribution is -2.12. The Balaban J connectivity index is 1.80. The van der Waals surface area contributed by atoms with Crippen LogP contribution in [0.15, 0.2) is 89.1 Å². The SMILES string of the molecule is COC(=O)c1cc(N=Nc2c(O)c(C(=O)Nc3ccccc3)cc3ccccc23)cc(C(=O)O)c1. The lowest BCUT2D eigenvalue weighted by atomic mass is 10.0. The van der Waals surface area contributed by atoms with Crippen molar-refractivity contribution in [3.05, 3.63) is 95.6 Å². The molecule has 0 heterocycles. The summed E-state index contributed by atoms with van der Waals surface area (Å²) in [6.45, 7) is 0. The summed E-state index contributed by atoms with van der Waals surface area (Å²) in [5.74, 6) is -2.95.